The van der Waals surface area contributed by atoms with Crippen LogP contribution in [0, 0.1) is 0 Å². The lowest BCUT2D eigenvalue weighted by Gasteiger charge is -2.48. The van der Waals surface area contributed by atoms with Crippen molar-refractivity contribution in [2.45, 2.75) is 90.5 Å². The van der Waals surface area contributed by atoms with Crippen LogP contribution in [0.2, 0.25) is 0 Å². The van der Waals surface area contributed by atoms with E-state index in [9.17, 15) is 0 Å². The average molecular weight is 526 g/mol. The molecule has 202 valence electrons. The van der Waals surface area contributed by atoms with Crippen molar-refractivity contribution in [1.82, 2.24) is 4.98 Å². The van der Waals surface area contributed by atoms with Gasteiger partial charge in [0.2, 0.25) is 0 Å². The highest BCUT2D eigenvalue weighted by molar-refractivity contribution is 5.99. The number of rotatable bonds is 1. The first-order chi connectivity index (χ1) is 18.8. The Labute approximate surface area is 239 Å². The van der Waals surface area contributed by atoms with E-state index in [4.69, 9.17) is 4.98 Å². The third-order valence-corrected chi connectivity index (χ3v) is 10.8. The molecule has 5 aromatic rings. The topological polar surface area (TPSA) is 16.8 Å². The quantitative estimate of drug-likeness (QED) is 0.199. The minimum absolute atomic E-state index is 0.0153. The van der Waals surface area contributed by atoms with E-state index in [1.54, 1.807) is 0 Å². The van der Waals surface area contributed by atoms with Crippen LogP contribution in [0.15, 0.2) is 73.1 Å². The van der Waals surface area contributed by atoms with Crippen molar-refractivity contribution in [3.63, 3.8) is 0 Å². The van der Waals surface area contributed by atoms with Crippen molar-refractivity contribution in [3.8, 4) is 22.5 Å². The normalized spacial score (nSPS) is 20.2. The lowest BCUT2D eigenvalue weighted by molar-refractivity contribution is -0.763. The van der Waals surface area contributed by atoms with Gasteiger partial charge in [-0.2, -0.15) is 0 Å². The molecule has 0 saturated carbocycles. The van der Waals surface area contributed by atoms with Gasteiger partial charge < -0.3 is 0 Å². The maximum Gasteiger partial charge on any atom is 0.287 e. The van der Waals surface area contributed by atoms with Gasteiger partial charge in [-0.25, -0.2) is 4.57 Å². The van der Waals surface area contributed by atoms with Gasteiger partial charge in [-0.1, -0.05) is 97.0 Å². The van der Waals surface area contributed by atoms with Crippen molar-refractivity contribution >= 4 is 21.5 Å². The molecule has 1 aliphatic carbocycles. The van der Waals surface area contributed by atoms with E-state index in [-0.39, 0.29) is 21.8 Å². The summed E-state index contributed by atoms with van der Waals surface area (Å²) >= 11 is 0. The summed E-state index contributed by atoms with van der Waals surface area (Å²) in [7, 11) is 0. The molecule has 2 heterocycles. The van der Waals surface area contributed by atoms with Crippen LogP contribution in [-0.2, 0) is 21.8 Å². The molecule has 2 nitrogen and oxygen atoms in total. The van der Waals surface area contributed by atoms with Gasteiger partial charge in [-0.3, -0.25) is 0 Å². The Morgan fingerprint density at radius 2 is 1.38 bits per heavy atom. The number of hydrogen-bond acceptors (Lipinski definition) is 1. The Morgan fingerprint density at radius 3 is 2.02 bits per heavy atom. The molecule has 0 saturated heterocycles. The highest BCUT2D eigenvalue weighted by Crippen LogP contribution is 2.57. The van der Waals surface area contributed by atoms with Crippen LogP contribution >= 0.6 is 0 Å². The van der Waals surface area contributed by atoms with Gasteiger partial charge in [0, 0.05) is 22.0 Å². The van der Waals surface area contributed by atoms with Crippen LogP contribution in [0.25, 0.3) is 44.1 Å². The van der Waals surface area contributed by atoms with Crippen molar-refractivity contribution < 1.29 is 4.57 Å². The Morgan fingerprint density at radius 1 is 0.750 bits per heavy atom. The van der Waals surface area contributed by atoms with Crippen LogP contribution in [0.5, 0.6) is 0 Å². The molecule has 1 atom stereocenters. The highest BCUT2D eigenvalue weighted by atomic mass is 15.1. The molecule has 2 aliphatic rings. The van der Waals surface area contributed by atoms with Gasteiger partial charge in [0.1, 0.15) is 11.2 Å². The maximum atomic E-state index is 5.28. The van der Waals surface area contributed by atoms with E-state index in [1.807, 2.05) is 0 Å². The third-order valence-electron chi connectivity index (χ3n) is 10.8. The number of fused-ring (bicyclic) bond motifs is 10. The largest absolute Gasteiger partial charge is 0.287 e. The van der Waals surface area contributed by atoms with Crippen LogP contribution < -0.4 is 4.57 Å². The summed E-state index contributed by atoms with van der Waals surface area (Å²) < 4.78 is 2.53. The molecule has 0 bridgehead atoms. The molecule has 1 aromatic heterocycles. The molecule has 0 fully saturated rings. The first-order valence-corrected chi connectivity index (χ1v) is 14.9. The predicted octanol–water partition coefficient (Wildman–Crippen LogP) is 9.36. The van der Waals surface area contributed by atoms with Crippen LogP contribution in [0.3, 0.4) is 0 Å². The van der Waals surface area contributed by atoms with Crippen molar-refractivity contribution in [1.29, 1.82) is 0 Å². The molecule has 0 amide bonds. The molecule has 0 spiro atoms. The first kappa shape index (κ1) is 25.4. The summed E-state index contributed by atoms with van der Waals surface area (Å²) in [4.78, 5) is 5.28. The summed E-state index contributed by atoms with van der Waals surface area (Å²) in [5.41, 5.74) is 10.4. The molecule has 4 aromatic carbocycles. The van der Waals surface area contributed by atoms with E-state index >= 15 is 0 Å². The van der Waals surface area contributed by atoms with E-state index in [0.29, 0.717) is 0 Å². The fourth-order valence-electron chi connectivity index (χ4n) is 8.00. The van der Waals surface area contributed by atoms with Gasteiger partial charge in [-0.15, -0.1) is 0 Å². The van der Waals surface area contributed by atoms with Crippen molar-refractivity contribution in [3.05, 3.63) is 95.3 Å². The second-order valence-corrected chi connectivity index (χ2v) is 14.4. The van der Waals surface area contributed by atoms with Gasteiger partial charge >= 0.3 is 0 Å². The second-order valence-electron chi connectivity index (χ2n) is 14.4. The Bertz CT molecular complexity index is 1880. The maximum absolute atomic E-state index is 5.28. The average Bonchev–Trinajstić information content (AvgIpc) is 3.14. The van der Waals surface area contributed by atoms with Crippen LogP contribution in [0.1, 0.15) is 91.0 Å². The lowest BCUT2D eigenvalue weighted by atomic mass is 9.60. The number of aromatic nitrogens is 2. The number of hydrogen-bond donors (Lipinski definition) is 0. The standard InChI is InChI=1S/C38H41N2/c1-10-38(9)31-26-18-14-13-17-25(26)29(35(2,3)4)21-28(31)34-32-33(39-22-40(34)37(38,7)8)27-19-23-15-11-12-16-24(23)20-30(27)36(32,5)6/h11-22H,10H2,1-9H3/q+1. The summed E-state index contributed by atoms with van der Waals surface area (Å²) in [6.07, 6.45) is 3.20. The van der Waals surface area contributed by atoms with E-state index in [0.717, 1.165) is 12.1 Å². The van der Waals surface area contributed by atoms with E-state index in [2.05, 4.69) is 140 Å². The van der Waals surface area contributed by atoms with E-state index in [1.165, 1.54) is 60.6 Å². The highest BCUT2D eigenvalue weighted by Gasteiger charge is 2.56. The van der Waals surface area contributed by atoms with Gasteiger partial charge in [0.05, 0.1) is 5.56 Å². The smallest absolute Gasteiger partial charge is 0.224 e. The zero-order valence-corrected chi connectivity index (χ0v) is 25.5. The van der Waals surface area contributed by atoms with Crippen LogP contribution in [0.4, 0.5) is 0 Å². The van der Waals surface area contributed by atoms with Crippen molar-refractivity contribution in [2.75, 3.05) is 0 Å². The zero-order chi connectivity index (χ0) is 28.4. The molecule has 0 radical (unpaired) electrons. The zero-order valence-electron chi connectivity index (χ0n) is 25.5. The fourth-order valence-corrected chi connectivity index (χ4v) is 8.00. The molecule has 1 aliphatic heterocycles. The molecule has 2 heteroatoms. The SMILES string of the molecule is CCC1(C)c2c(cc(C(C)(C)C)c3ccccc23)-c2c3c(nc[n+]2C1(C)C)-c1cc2ccccc2cc1C3(C)C. The Kier molecular flexibility index (Phi) is 4.97. The van der Waals surface area contributed by atoms with Gasteiger partial charge in [0.25, 0.3) is 6.33 Å². The fraction of sp³-hybridized carbons (Fsp3) is 0.368. The summed E-state index contributed by atoms with van der Waals surface area (Å²) in [5.74, 6) is 0. The predicted molar refractivity (Wildman–Crippen MR) is 168 cm³/mol. The van der Waals surface area contributed by atoms with E-state index < -0.39 is 0 Å². The molecule has 7 rings (SSSR count). The summed E-state index contributed by atoms with van der Waals surface area (Å²) in [6, 6.07) is 25.2. The molecule has 1 unspecified atom stereocenters. The first-order valence-electron chi connectivity index (χ1n) is 14.9. The lowest BCUT2D eigenvalue weighted by Crippen LogP contribution is -2.67. The number of benzene rings is 4. The van der Waals surface area contributed by atoms with Crippen molar-refractivity contribution in [2.24, 2.45) is 0 Å². The van der Waals surface area contributed by atoms with Gasteiger partial charge in [-0.05, 0) is 87.1 Å². The summed E-state index contributed by atoms with van der Waals surface area (Å²) in [5, 5.41) is 5.36. The van der Waals surface area contributed by atoms with Gasteiger partial charge in [0.15, 0.2) is 5.69 Å². The molecule has 0 N–H and O–H groups in total. The summed E-state index contributed by atoms with van der Waals surface area (Å²) in [6.45, 7) is 21.5. The Balaban J connectivity index is 1.68. The molecule has 40 heavy (non-hydrogen) atoms. The Hall–Kier alpha value is -3.52. The molecular formula is C38H41N2+. The third kappa shape index (κ3) is 3.00. The minimum atomic E-state index is -0.180. The molecular weight excluding hydrogens is 484 g/mol. The monoisotopic (exact) mass is 525 g/mol. The number of nitrogens with zero attached hydrogens (tertiary/aromatic N) is 2. The van der Waals surface area contributed by atoms with Crippen LogP contribution in [-0.4, -0.2) is 4.98 Å². The minimum Gasteiger partial charge on any atom is -0.224 e. The second kappa shape index (κ2) is 7.81.